The molecule has 0 amide bonds. The molecule has 0 aliphatic rings. The lowest BCUT2D eigenvalue weighted by atomic mass is 9.59. The SMILES string of the molecule is Cc1ccc(NC(=S)Nc2cc(CC(C)(C)C)c(O)c(C(C)(C)C(C)(C)c3ccc(C)c(C(C)(C)C)c3O)c2)cc1. The first-order valence-electron chi connectivity index (χ1n) is 14.5. The number of phenols is 2. The summed E-state index contributed by atoms with van der Waals surface area (Å²) in [6, 6.07) is 16.2. The van der Waals surface area contributed by atoms with Crippen LogP contribution in [0, 0.1) is 19.3 Å². The Morgan fingerprint density at radius 1 is 0.683 bits per heavy atom. The molecule has 3 rings (SSSR count). The number of benzene rings is 3. The molecule has 0 saturated heterocycles. The van der Waals surface area contributed by atoms with E-state index < -0.39 is 10.8 Å². The number of phenolic OH excluding ortho intramolecular Hbond substituents is 2. The van der Waals surface area contributed by atoms with Gasteiger partial charge in [-0.05, 0) is 78.7 Å². The maximum Gasteiger partial charge on any atom is 0.175 e. The molecule has 0 radical (unpaired) electrons. The molecular weight excluding hydrogens is 524 g/mol. The highest BCUT2D eigenvalue weighted by Gasteiger charge is 2.44. The van der Waals surface area contributed by atoms with Crippen LogP contribution in [0.1, 0.15) is 103 Å². The van der Waals surface area contributed by atoms with E-state index in [-0.39, 0.29) is 10.8 Å². The fourth-order valence-electron chi connectivity index (χ4n) is 5.70. The van der Waals surface area contributed by atoms with Crippen molar-refractivity contribution in [1.82, 2.24) is 0 Å². The van der Waals surface area contributed by atoms with Crippen molar-refractivity contribution in [2.45, 2.75) is 106 Å². The molecule has 0 atom stereocenters. The Labute approximate surface area is 253 Å². The maximum absolute atomic E-state index is 11.8. The van der Waals surface area contributed by atoms with Crippen LogP contribution in [0.4, 0.5) is 11.4 Å². The Balaban J connectivity index is 2.13. The molecular formula is C36H50N2O2S. The van der Waals surface area contributed by atoms with Crippen molar-refractivity contribution in [1.29, 1.82) is 0 Å². The minimum absolute atomic E-state index is 0.0372. The van der Waals surface area contributed by atoms with Crippen molar-refractivity contribution in [2.24, 2.45) is 5.41 Å². The quantitative estimate of drug-likeness (QED) is 0.174. The largest absolute Gasteiger partial charge is 0.507 e. The summed E-state index contributed by atoms with van der Waals surface area (Å²) in [6.45, 7) is 25.6. The molecule has 4 N–H and O–H groups in total. The lowest BCUT2D eigenvalue weighted by Crippen LogP contribution is -2.41. The van der Waals surface area contributed by atoms with Gasteiger partial charge in [-0.3, -0.25) is 0 Å². The van der Waals surface area contributed by atoms with Gasteiger partial charge in [0.1, 0.15) is 11.5 Å². The lowest BCUT2D eigenvalue weighted by molar-refractivity contribution is 0.280. The Hall–Kier alpha value is -3.05. The minimum atomic E-state index is -0.574. The molecule has 41 heavy (non-hydrogen) atoms. The highest BCUT2D eigenvalue weighted by atomic mass is 32.1. The predicted octanol–water partition coefficient (Wildman–Crippen LogP) is 9.67. The van der Waals surface area contributed by atoms with E-state index in [0.717, 1.165) is 39.2 Å². The zero-order chi connectivity index (χ0) is 31.1. The fourth-order valence-corrected chi connectivity index (χ4v) is 5.93. The molecule has 0 aliphatic heterocycles. The average molecular weight is 575 g/mol. The molecule has 0 fully saturated rings. The number of anilines is 2. The first-order valence-corrected chi connectivity index (χ1v) is 14.9. The van der Waals surface area contributed by atoms with Gasteiger partial charge in [-0.25, -0.2) is 0 Å². The van der Waals surface area contributed by atoms with Gasteiger partial charge in [0.15, 0.2) is 5.11 Å². The second kappa shape index (κ2) is 11.3. The first kappa shape index (κ1) is 32.5. The van der Waals surface area contributed by atoms with Gasteiger partial charge in [-0.1, -0.05) is 99.1 Å². The summed E-state index contributed by atoms with van der Waals surface area (Å²) in [6.07, 6.45) is 0.694. The van der Waals surface area contributed by atoms with Gasteiger partial charge < -0.3 is 20.8 Å². The highest BCUT2D eigenvalue weighted by Crippen LogP contribution is 2.52. The summed E-state index contributed by atoms with van der Waals surface area (Å²) in [5.41, 5.74) is 6.11. The van der Waals surface area contributed by atoms with E-state index in [2.05, 4.69) is 99.8 Å². The van der Waals surface area contributed by atoms with Crippen molar-refractivity contribution in [3.8, 4) is 11.5 Å². The van der Waals surface area contributed by atoms with Crippen molar-refractivity contribution in [2.75, 3.05) is 10.6 Å². The molecule has 0 aliphatic carbocycles. The van der Waals surface area contributed by atoms with Crippen LogP contribution in [0.15, 0.2) is 48.5 Å². The normalized spacial score (nSPS) is 12.8. The third kappa shape index (κ3) is 7.06. The van der Waals surface area contributed by atoms with E-state index in [1.807, 2.05) is 42.5 Å². The molecule has 4 nitrogen and oxygen atoms in total. The lowest BCUT2D eigenvalue weighted by Gasteiger charge is -2.44. The number of aromatic hydroxyl groups is 2. The summed E-state index contributed by atoms with van der Waals surface area (Å²) in [7, 11) is 0. The molecule has 3 aromatic rings. The smallest absolute Gasteiger partial charge is 0.175 e. The fraction of sp³-hybridized carbons (Fsp3) is 0.472. The molecule has 0 saturated carbocycles. The molecule has 0 bridgehead atoms. The Morgan fingerprint density at radius 3 is 1.76 bits per heavy atom. The van der Waals surface area contributed by atoms with Crippen molar-refractivity contribution in [3.05, 3.63) is 81.9 Å². The van der Waals surface area contributed by atoms with Crippen LogP contribution in [-0.2, 0) is 22.7 Å². The van der Waals surface area contributed by atoms with E-state index in [0.29, 0.717) is 23.0 Å². The molecule has 0 spiro atoms. The molecule has 0 unspecified atom stereocenters. The molecule has 5 heteroatoms. The van der Waals surface area contributed by atoms with Crippen LogP contribution in [0.25, 0.3) is 0 Å². The number of aryl methyl sites for hydroxylation is 2. The second-order valence-electron chi connectivity index (χ2n) is 14.9. The zero-order valence-corrected chi connectivity index (χ0v) is 27.9. The van der Waals surface area contributed by atoms with Crippen molar-refractivity contribution in [3.63, 3.8) is 0 Å². The average Bonchev–Trinajstić information content (AvgIpc) is 2.80. The summed E-state index contributed by atoms with van der Waals surface area (Å²) in [5.74, 6) is 0.631. The van der Waals surface area contributed by atoms with Crippen LogP contribution in [0.3, 0.4) is 0 Å². The van der Waals surface area contributed by atoms with Gasteiger partial charge in [0, 0.05) is 38.9 Å². The van der Waals surface area contributed by atoms with Crippen LogP contribution in [-0.4, -0.2) is 15.3 Å². The van der Waals surface area contributed by atoms with Crippen LogP contribution >= 0.6 is 12.2 Å². The monoisotopic (exact) mass is 574 g/mol. The van der Waals surface area contributed by atoms with Crippen molar-refractivity contribution >= 4 is 28.7 Å². The predicted molar refractivity (Wildman–Crippen MR) is 180 cm³/mol. The molecule has 222 valence electrons. The van der Waals surface area contributed by atoms with E-state index in [9.17, 15) is 10.2 Å². The number of nitrogens with one attached hydrogen (secondary N) is 2. The van der Waals surface area contributed by atoms with Gasteiger partial charge in [0.25, 0.3) is 0 Å². The number of hydrogen-bond acceptors (Lipinski definition) is 3. The molecule has 3 aromatic carbocycles. The molecule has 0 heterocycles. The van der Waals surface area contributed by atoms with E-state index in [4.69, 9.17) is 12.2 Å². The number of rotatable bonds is 6. The van der Waals surface area contributed by atoms with Gasteiger partial charge in [-0.15, -0.1) is 0 Å². The first-order chi connectivity index (χ1) is 18.6. The third-order valence-corrected chi connectivity index (χ3v) is 8.73. The van der Waals surface area contributed by atoms with E-state index in [1.165, 1.54) is 5.56 Å². The highest BCUT2D eigenvalue weighted by molar-refractivity contribution is 7.80. The Bertz CT molecular complexity index is 1420. The van der Waals surface area contributed by atoms with E-state index in [1.54, 1.807) is 0 Å². The zero-order valence-electron chi connectivity index (χ0n) is 27.1. The van der Waals surface area contributed by atoms with Gasteiger partial charge >= 0.3 is 0 Å². The van der Waals surface area contributed by atoms with Crippen LogP contribution in [0.2, 0.25) is 0 Å². The molecule has 0 aromatic heterocycles. The number of thiocarbonyl (C=S) groups is 1. The van der Waals surface area contributed by atoms with E-state index >= 15 is 0 Å². The Morgan fingerprint density at radius 2 is 1.22 bits per heavy atom. The third-order valence-electron chi connectivity index (χ3n) is 8.52. The van der Waals surface area contributed by atoms with Gasteiger partial charge in [0.05, 0.1) is 0 Å². The standard InChI is InChI=1S/C36H50N2O2S/c1-22-13-16-25(17-14-22)37-32(41)38-26-19-24(21-33(3,4)5)30(39)28(20-26)36(11,12)35(9,10)27-18-15-23(2)29(31(27)40)34(6,7)8/h13-20,39-40H,21H2,1-12H3,(H2,37,38,41). The maximum atomic E-state index is 11.8. The van der Waals surface area contributed by atoms with Gasteiger partial charge in [0.2, 0.25) is 0 Å². The second-order valence-corrected chi connectivity index (χ2v) is 15.3. The van der Waals surface area contributed by atoms with Gasteiger partial charge in [-0.2, -0.15) is 0 Å². The van der Waals surface area contributed by atoms with Crippen molar-refractivity contribution < 1.29 is 10.2 Å². The van der Waals surface area contributed by atoms with Crippen LogP contribution < -0.4 is 10.6 Å². The Kier molecular flexibility index (Phi) is 8.96. The summed E-state index contributed by atoms with van der Waals surface area (Å²) < 4.78 is 0. The summed E-state index contributed by atoms with van der Waals surface area (Å²) in [5, 5.41) is 30.6. The topological polar surface area (TPSA) is 64.5 Å². The van der Waals surface area contributed by atoms with Crippen LogP contribution in [0.5, 0.6) is 11.5 Å². The summed E-state index contributed by atoms with van der Waals surface area (Å²) >= 11 is 5.68. The summed E-state index contributed by atoms with van der Waals surface area (Å²) in [4.78, 5) is 0. The minimum Gasteiger partial charge on any atom is -0.507 e. The number of hydrogen-bond donors (Lipinski definition) is 4.